The van der Waals surface area contributed by atoms with E-state index in [4.69, 9.17) is 21.6 Å². The number of anilines is 1. The molecule has 0 amide bonds. The first-order chi connectivity index (χ1) is 13.8. The van der Waals surface area contributed by atoms with Crippen LogP contribution in [0.3, 0.4) is 0 Å². The Hall–Kier alpha value is -2.89. The van der Waals surface area contributed by atoms with Gasteiger partial charge in [-0.05, 0) is 41.6 Å². The molecule has 0 aliphatic carbocycles. The van der Waals surface area contributed by atoms with Crippen molar-refractivity contribution in [3.05, 3.63) is 76.8 Å². The minimum atomic E-state index is 0.660. The van der Waals surface area contributed by atoms with Crippen molar-refractivity contribution in [1.29, 1.82) is 0 Å². The molecule has 5 rings (SSSR count). The molecule has 5 aromatic rings. The second-order valence-corrected chi connectivity index (χ2v) is 7.87. The van der Waals surface area contributed by atoms with Gasteiger partial charge >= 0.3 is 0 Å². The van der Waals surface area contributed by atoms with E-state index in [1.165, 1.54) is 16.5 Å². The minimum absolute atomic E-state index is 0.660. The monoisotopic (exact) mass is 404 g/mol. The Bertz CT molecular complexity index is 1270. The van der Waals surface area contributed by atoms with Gasteiger partial charge in [0.25, 0.3) is 0 Å². The Morgan fingerprint density at radius 2 is 1.79 bits per heavy atom. The zero-order valence-corrected chi connectivity index (χ0v) is 16.5. The molecule has 3 aromatic heterocycles. The van der Waals surface area contributed by atoms with Gasteiger partial charge in [0.2, 0.25) is 0 Å². The van der Waals surface area contributed by atoms with Crippen molar-refractivity contribution in [2.24, 2.45) is 0 Å². The fourth-order valence-corrected chi connectivity index (χ4v) is 4.49. The number of para-hydroxylation sites is 2. The number of aromatic nitrogens is 3. The van der Waals surface area contributed by atoms with Gasteiger partial charge in [0.05, 0.1) is 15.4 Å². The fourth-order valence-electron chi connectivity index (χ4n) is 3.42. The number of rotatable bonds is 5. The molecule has 2 N–H and O–H groups in total. The van der Waals surface area contributed by atoms with E-state index < -0.39 is 0 Å². The Balaban J connectivity index is 1.45. The molecule has 0 radical (unpaired) electrons. The van der Waals surface area contributed by atoms with Crippen LogP contribution in [0.15, 0.2) is 66.2 Å². The highest BCUT2D eigenvalue weighted by Gasteiger charge is 2.13. The summed E-state index contributed by atoms with van der Waals surface area (Å²) in [6.45, 7) is 0.778. The van der Waals surface area contributed by atoms with Crippen LogP contribution < -0.4 is 5.32 Å². The smallest absolute Gasteiger partial charge is 0.173 e. The number of hydrogen-bond donors (Lipinski definition) is 2. The van der Waals surface area contributed by atoms with Crippen molar-refractivity contribution in [3.8, 4) is 10.7 Å². The summed E-state index contributed by atoms with van der Waals surface area (Å²) in [4.78, 5) is 13.7. The molecule has 2 aromatic carbocycles. The third-order valence-corrected chi connectivity index (χ3v) is 6.12. The van der Waals surface area contributed by atoms with Gasteiger partial charge in [-0.3, -0.25) is 0 Å². The molecule has 0 bridgehead atoms. The van der Waals surface area contributed by atoms with E-state index in [0.717, 1.165) is 34.6 Å². The Morgan fingerprint density at radius 1 is 0.964 bits per heavy atom. The van der Waals surface area contributed by atoms with Gasteiger partial charge in [-0.2, -0.15) is 0 Å². The van der Waals surface area contributed by atoms with Crippen LogP contribution in [-0.4, -0.2) is 21.5 Å². The lowest BCUT2D eigenvalue weighted by molar-refractivity contribution is 1.02. The molecule has 0 spiro atoms. The molecule has 4 nitrogen and oxygen atoms in total. The average molecular weight is 405 g/mol. The van der Waals surface area contributed by atoms with E-state index in [-0.39, 0.29) is 0 Å². The molecule has 0 saturated heterocycles. The van der Waals surface area contributed by atoms with Gasteiger partial charge in [0.15, 0.2) is 5.82 Å². The second kappa shape index (κ2) is 7.26. The molecule has 3 heterocycles. The van der Waals surface area contributed by atoms with E-state index in [1.807, 2.05) is 41.8 Å². The summed E-state index contributed by atoms with van der Waals surface area (Å²) in [5.74, 6) is 1.50. The normalized spacial score (nSPS) is 11.3. The molecule has 0 saturated carbocycles. The minimum Gasteiger partial charge on any atom is -0.369 e. The molecule has 138 valence electrons. The molecule has 0 unspecified atom stereocenters. The Morgan fingerprint density at radius 3 is 2.64 bits per heavy atom. The van der Waals surface area contributed by atoms with Crippen LogP contribution in [0.5, 0.6) is 0 Å². The van der Waals surface area contributed by atoms with Gasteiger partial charge in [0.1, 0.15) is 5.82 Å². The molecular formula is C22H17ClN4S. The van der Waals surface area contributed by atoms with Crippen LogP contribution in [0, 0.1) is 0 Å². The average Bonchev–Trinajstić information content (AvgIpc) is 3.34. The first-order valence-corrected chi connectivity index (χ1v) is 10.3. The summed E-state index contributed by atoms with van der Waals surface area (Å²) in [6, 6.07) is 18.3. The van der Waals surface area contributed by atoms with Crippen LogP contribution in [-0.2, 0) is 6.42 Å². The van der Waals surface area contributed by atoms with Gasteiger partial charge < -0.3 is 10.3 Å². The van der Waals surface area contributed by atoms with Crippen molar-refractivity contribution < 1.29 is 0 Å². The number of nitrogens with zero attached hydrogens (tertiary/aromatic N) is 2. The number of benzene rings is 2. The lowest BCUT2D eigenvalue weighted by Gasteiger charge is -2.10. The zero-order chi connectivity index (χ0) is 18.9. The van der Waals surface area contributed by atoms with Crippen molar-refractivity contribution in [2.75, 3.05) is 11.9 Å². The SMILES string of the molecule is Clc1ccsc1-c1nc(NCCc2c[nH]c3ccccc23)c2ccccc2n1. The summed E-state index contributed by atoms with van der Waals surface area (Å²) in [6.07, 6.45) is 2.98. The van der Waals surface area contributed by atoms with Gasteiger partial charge in [-0.1, -0.05) is 41.9 Å². The van der Waals surface area contributed by atoms with Crippen molar-refractivity contribution in [1.82, 2.24) is 15.0 Å². The number of aromatic amines is 1. The van der Waals surface area contributed by atoms with Crippen LogP contribution in [0.2, 0.25) is 5.02 Å². The number of nitrogens with one attached hydrogen (secondary N) is 2. The molecule has 6 heteroatoms. The van der Waals surface area contributed by atoms with E-state index in [9.17, 15) is 0 Å². The fraction of sp³-hybridized carbons (Fsp3) is 0.0909. The standard InChI is InChI=1S/C22H17ClN4S/c23-17-10-12-28-20(17)22-26-19-8-4-2-6-16(19)21(27-22)24-11-9-14-13-25-18-7-3-1-5-15(14)18/h1-8,10,12-13,25H,9,11H2,(H,24,26,27). The number of thiophene rings is 1. The third-order valence-electron chi connectivity index (χ3n) is 4.79. The maximum absolute atomic E-state index is 6.31. The van der Waals surface area contributed by atoms with E-state index >= 15 is 0 Å². The van der Waals surface area contributed by atoms with Crippen molar-refractivity contribution in [2.45, 2.75) is 6.42 Å². The van der Waals surface area contributed by atoms with Crippen LogP contribution >= 0.6 is 22.9 Å². The third kappa shape index (κ3) is 3.13. The van der Waals surface area contributed by atoms with Gasteiger partial charge in [-0.25, -0.2) is 9.97 Å². The highest BCUT2D eigenvalue weighted by atomic mass is 35.5. The first kappa shape index (κ1) is 17.2. The van der Waals surface area contributed by atoms with Gasteiger partial charge in [-0.15, -0.1) is 11.3 Å². The van der Waals surface area contributed by atoms with Crippen LogP contribution in [0.1, 0.15) is 5.56 Å². The largest absolute Gasteiger partial charge is 0.369 e. The van der Waals surface area contributed by atoms with Gasteiger partial charge in [0, 0.05) is 29.0 Å². The number of H-pyrrole nitrogens is 1. The highest BCUT2D eigenvalue weighted by Crippen LogP contribution is 2.33. The van der Waals surface area contributed by atoms with E-state index in [1.54, 1.807) is 11.3 Å². The molecule has 0 fully saturated rings. The molecule has 0 atom stereocenters. The summed E-state index contributed by atoms with van der Waals surface area (Å²) in [7, 11) is 0. The predicted molar refractivity (Wildman–Crippen MR) is 118 cm³/mol. The van der Waals surface area contributed by atoms with E-state index in [2.05, 4.69) is 34.7 Å². The topological polar surface area (TPSA) is 53.6 Å². The van der Waals surface area contributed by atoms with Crippen molar-refractivity contribution in [3.63, 3.8) is 0 Å². The molecular weight excluding hydrogens is 388 g/mol. The summed E-state index contributed by atoms with van der Waals surface area (Å²) < 4.78 is 0. The molecule has 0 aliphatic rings. The lowest BCUT2D eigenvalue weighted by atomic mass is 10.1. The number of halogens is 1. The highest BCUT2D eigenvalue weighted by molar-refractivity contribution is 7.14. The maximum Gasteiger partial charge on any atom is 0.173 e. The Labute approximate surface area is 171 Å². The summed E-state index contributed by atoms with van der Waals surface area (Å²) >= 11 is 7.87. The lowest BCUT2D eigenvalue weighted by Crippen LogP contribution is -2.08. The summed E-state index contributed by atoms with van der Waals surface area (Å²) in [5.41, 5.74) is 3.37. The molecule has 28 heavy (non-hydrogen) atoms. The predicted octanol–water partition coefficient (Wildman–Crippen LogP) is 6.15. The van der Waals surface area contributed by atoms with Crippen molar-refractivity contribution >= 4 is 50.6 Å². The van der Waals surface area contributed by atoms with E-state index in [0.29, 0.717) is 10.8 Å². The quantitative estimate of drug-likeness (QED) is 0.369. The number of fused-ring (bicyclic) bond motifs is 2. The zero-order valence-electron chi connectivity index (χ0n) is 14.9. The Kier molecular flexibility index (Phi) is 4.47. The number of hydrogen-bond acceptors (Lipinski definition) is 4. The molecule has 0 aliphatic heterocycles. The maximum atomic E-state index is 6.31. The van der Waals surface area contributed by atoms with Crippen LogP contribution in [0.4, 0.5) is 5.82 Å². The second-order valence-electron chi connectivity index (χ2n) is 6.55. The first-order valence-electron chi connectivity index (χ1n) is 9.08. The summed E-state index contributed by atoms with van der Waals surface area (Å²) in [5, 5.41) is 8.43. The van der Waals surface area contributed by atoms with Crippen LogP contribution in [0.25, 0.3) is 32.5 Å².